The molecule has 0 fully saturated rings. The molecule has 0 saturated carbocycles. The van der Waals surface area contributed by atoms with E-state index in [2.05, 4.69) is 19.5 Å². The fourth-order valence-electron chi connectivity index (χ4n) is 7.37. The van der Waals surface area contributed by atoms with Gasteiger partial charge in [-0.2, -0.15) is 0 Å². The summed E-state index contributed by atoms with van der Waals surface area (Å²) in [6, 6.07) is 28.4. The zero-order valence-electron chi connectivity index (χ0n) is 34.2. The van der Waals surface area contributed by atoms with Gasteiger partial charge < -0.3 is 18.9 Å². The zero-order valence-corrected chi connectivity index (χ0v) is 34.2. The van der Waals surface area contributed by atoms with Crippen LogP contribution < -0.4 is 9.47 Å². The Hall–Kier alpha value is -6.84. The normalized spacial score (nSPS) is 18.3. The number of hydrogen-bond donors (Lipinski definition) is 0. The van der Waals surface area contributed by atoms with Crippen LogP contribution in [-0.2, 0) is 9.47 Å². The van der Waals surface area contributed by atoms with E-state index in [1.54, 1.807) is 13.8 Å². The Morgan fingerprint density at radius 2 is 0.766 bits per heavy atom. The van der Waals surface area contributed by atoms with Gasteiger partial charge in [0.2, 0.25) is 11.8 Å². The molecule has 2 heterocycles. The van der Waals surface area contributed by atoms with Crippen molar-refractivity contribution >= 4 is 11.8 Å². The van der Waals surface area contributed by atoms with Crippen molar-refractivity contribution in [2.24, 2.45) is 9.98 Å². The van der Waals surface area contributed by atoms with Gasteiger partial charge in [0.25, 0.3) is 0 Å². The molecule has 0 radical (unpaired) electrons. The van der Waals surface area contributed by atoms with Crippen molar-refractivity contribution in [3.63, 3.8) is 0 Å². The summed E-state index contributed by atoms with van der Waals surface area (Å²) in [6.45, 7) is 7.27. The topological polar surface area (TPSA) is 61.6 Å². The van der Waals surface area contributed by atoms with E-state index in [1.165, 1.54) is 60.7 Å². The van der Waals surface area contributed by atoms with Crippen LogP contribution in [0.25, 0.3) is 22.3 Å². The number of aryl methyl sites for hydroxylation is 2. The molecule has 16 heteroatoms. The first-order chi connectivity index (χ1) is 30.2. The van der Waals surface area contributed by atoms with Gasteiger partial charge in [0.15, 0.2) is 0 Å². The molecule has 0 aliphatic carbocycles. The first-order valence-corrected chi connectivity index (χ1v) is 19.6. The number of alkyl halides is 6. The second kappa shape index (κ2) is 18.1. The highest BCUT2D eigenvalue weighted by Crippen LogP contribution is 2.38. The molecule has 2 aliphatic heterocycles. The number of hydrogen-bond acceptors (Lipinski definition) is 6. The second-order valence-corrected chi connectivity index (χ2v) is 14.9. The van der Waals surface area contributed by atoms with Gasteiger partial charge in [0.05, 0.1) is 0 Å². The van der Waals surface area contributed by atoms with Crippen LogP contribution in [0.5, 0.6) is 11.5 Å². The van der Waals surface area contributed by atoms with Crippen LogP contribution >= 0.6 is 0 Å². The quantitative estimate of drug-likeness (QED) is 0.143. The second-order valence-electron chi connectivity index (χ2n) is 14.9. The average Bonchev–Trinajstić information content (AvgIpc) is 3.78. The highest BCUT2D eigenvalue weighted by Gasteiger charge is 2.35. The number of rotatable bonds is 8. The molecule has 0 unspecified atom stereocenters. The molecule has 6 aromatic rings. The summed E-state index contributed by atoms with van der Waals surface area (Å²) in [5.41, 5.74) is 5.78. The van der Waals surface area contributed by atoms with Crippen LogP contribution in [0.2, 0.25) is 0 Å². The molecule has 2 aliphatic rings. The summed E-state index contributed by atoms with van der Waals surface area (Å²) >= 11 is 0. The van der Waals surface area contributed by atoms with Gasteiger partial charge in [0.1, 0.15) is 70.2 Å². The Morgan fingerprint density at radius 3 is 1.06 bits per heavy atom. The molecule has 6 nitrogen and oxygen atoms in total. The lowest BCUT2D eigenvalue weighted by molar-refractivity contribution is -0.275. The number of benzene rings is 6. The van der Waals surface area contributed by atoms with E-state index in [9.17, 15) is 43.9 Å². The predicted molar refractivity (Wildman–Crippen MR) is 219 cm³/mol. The number of halogens is 10. The number of nitrogens with zero attached hydrogens (tertiary/aromatic N) is 2. The average molecular weight is 895 g/mol. The number of ether oxygens (including phenoxy) is 4. The van der Waals surface area contributed by atoms with Crippen LogP contribution in [0.15, 0.2) is 131 Å². The lowest BCUT2D eigenvalue weighted by Gasteiger charge is -2.16. The van der Waals surface area contributed by atoms with Gasteiger partial charge in [0, 0.05) is 0 Å². The molecule has 0 bridgehead atoms. The third-order valence-corrected chi connectivity index (χ3v) is 10.4. The fourth-order valence-corrected chi connectivity index (χ4v) is 7.37. The molecule has 0 aromatic heterocycles. The van der Waals surface area contributed by atoms with Gasteiger partial charge in [-0.3, -0.25) is 0 Å². The SMILES string of the molecule is Cc1cc(-c2ccc(OC(F)(F)F)cc2)ccc1[C@@H]1N=C(c2c(F)cccc2F)O[C@@H]1C.Cc1cc(-c2ccc(OC(F)(F)F)cc2)ccc1[C@H]1N=C(c2c(F)cccc2F)O[C@H]1C. The van der Waals surface area contributed by atoms with Crippen LogP contribution in [0.3, 0.4) is 0 Å². The summed E-state index contributed by atoms with van der Waals surface area (Å²) < 4.78 is 150. The van der Waals surface area contributed by atoms with Crippen molar-refractivity contribution in [1.29, 1.82) is 0 Å². The van der Waals surface area contributed by atoms with Crippen LogP contribution in [-0.4, -0.2) is 36.7 Å². The molecule has 64 heavy (non-hydrogen) atoms. The summed E-state index contributed by atoms with van der Waals surface area (Å²) in [4.78, 5) is 8.86. The minimum Gasteiger partial charge on any atom is -0.472 e. The van der Waals surface area contributed by atoms with Crippen LogP contribution in [0.1, 0.15) is 59.3 Å². The highest BCUT2D eigenvalue weighted by atomic mass is 19.4. The third-order valence-electron chi connectivity index (χ3n) is 10.4. The highest BCUT2D eigenvalue weighted by molar-refractivity contribution is 5.96. The summed E-state index contributed by atoms with van der Waals surface area (Å²) in [5.74, 6) is -3.75. The lowest BCUT2D eigenvalue weighted by atomic mass is 9.94. The van der Waals surface area contributed by atoms with E-state index in [0.29, 0.717) is 11.1 Å². The van der Waals surface area contributed by atoms with E-state index in [4.69, 9.17) is 9.47 Å². The Balaban J connectivity index is 0.000000191. The molecule has 332 valence electrons. The van der Waals surface area contributed by atoms with E-state index < -0.39 is 60.3 Å². The standard InChI is InChI=1S/2C24H18F5NO2/c2*1-13-12-16(15-6-9-17(10-7-15)32-24(27,28)29)8-11-18(13)22-14(2)31-23(30-22)21-19(25)4-3-5-20(21)26/h2*3-12,14,22H,1-2H3/t2*14-,22-/m10/s1. The van der Waals surface area contributed by atoms with E-state index in [0.717, 1.165) is 57.6 Å². The Morgan fingerprint density at radius 1 is 0.453 bits per heavy atom. The number of aliphatic imine (C=N–C) groups is 2. The predicted octanol–water partition coefficient (Wildman–Crippen LogP) is 13.5. The van der Waals surface area contributed by atoms with Gasteiger partial charge >= 0.3 is 12.7 Å². The Labute approximate surface area is 360 Å². The summed E-state index contributed by atoms with van der Waals surface area (Å²) in [7, 11) is 0. The lowest BCUT2D eigenvalue weighted by Crippen LogP contribution is -2.16. The molecule has 8 rings (SSSR count). The van der Waals surface area contributed by atoms with Gasteiger partial charge in [-0.25, -0.2) is 27.5 Å². The van der Waals surface area contributed by atoms with E-state index in [-0.39, 0.29) is 34.4 Å². The smallest absolute Gasteiger partial charge is 0.472 e. The molecule has 4 atom stereocenters. The molecule has 0 spiro atoms. The van der Waals surface area contributed by atoms with Crippen molar-refractivity contribution in [2.75, 3.05) is 0 Å². The molecule has 0 amide bonds. The third kappa shape index (κ3) is 10.3. The van der Waals surface area contributed by atoms with Gasteiger partial charge in [-0.1, -0.05) is 72.8 Å². The van der Waals surface area contributed by atoms with Crippen LogP contribution in [0.4, 0.5) is 43.9 Å². The van der Waals surface area contributed by atoms with E-state index >= 15 is 0 Å². The monoisotopic (exact) mass is 894 g/mol. The maximum absolute atomic E-state index is 14.1. The minimum absolute atomic E-state index is 0.0816. The van der Waals surface area contributed by atoms with Crippen molar-refractivity contribution in [3.05, 3.63) is 178 Å². The fraction of sp³-hybridized carbons (Fsp3) is 0.208. The molecular formula is C48H36F10N2O4. The van der Waals surface area contributed by atoms with Gasteiger partial charge in [-0.15, -0.1) is 26.3 Å². The first-order valence-electron chi connectivity index (χ1n) is 19.6. The molecule has 0 N–H and O–H groups in total. The maximum atomic E-state index is 14.1. The largest absolute Gasteiger partial charge is 0.573 e. The Kier molecular flexibility index (Phi) is 12.8. The Bertz CT molecular complexity index is 2490. The van der Waals surface area contributed by atoms with Crippen molar-refractivity contribution in [3.8, 4) is 33.8 Å². The summed E-state index contributed by atoms with van der Waals surface area (Å²) in [6.07, 6.45) is -10.4. The maximum Gasteiger partial charge on any atom is 0.573 e. The molecule has 0 saturated heterocycles. The minimum atomic E-state index is -4.75. The van der Waals surface area contributed by atoms with Gasteiger partial charge in [-0.05, 0) is 121 Å². The first kappa shape index (κ1) is 45.2. The summed E-state index contributed by atoms with van der Waals surface area (Å²) in [5, 5.41) is 0. The van der Waals surface area contributed by atoms with Crippen molar-refractivity contribution < 1.29 is 62.9 Å². The molecule has 6 aromatic carbocycles. The van der Waals surface area contributed by atoms with E-state index in [1.807, 2.05) is 50.2 Å². The van der Waals surface area contributed by atoms with Crippen molar-refractivity contribution in [1.82, 2.24) is 0 Å². The van der Waals surface area contributed by atoms with Crippen molar-refractivity contribution in [2.45, 2.75) is 64.7 Å². The van der Waals surface area contributed by atoms with Crippen LogP contribution in [0, 0.1) is 37.1 Å². The zero-order chi connectivity index (χ0) is 46.1. The molecular weight excluding hydrogens is 859 g/mol.